The maximum Gasteiger partial charge on any atom is 0.338 e. The number of aromatic nitrogens is 1. The van der Waals surface area contributed by atoms with Gasteiger partial charge in [0.05, 0.1) is 42.2 Å². The number of allylic oxidation sites excluding steroid dienone is 1. The minimum absolute atomic E-state index is 0.199. The number of ether oxygens (including phenoxy) is 4. The van der Waals surface area contributed by atoms with Gasteiger partial charge in [0.25, 0.3) is 5.56 Å². The number of benzene rings is 3. The van der Waals surface area contributed by atoms with E-state index in [0.29, 0.717) is 60.6 Å². The van der Waals surface area contributed by atoms with E-state index in [-0.39, 0.29) is 12.2 Å². The first kappa shape index (κ1) is 31.6. The number of fused-ring (bicyclic) bond motifs is 1. The fourth-order valence-corrected chi connectivity index (χ4v) is 6.42. The van der Waals surface area contributed by atoms with Crippen LogP contribution < -0.4 is 29.1 Å². The summed E-state index contributed by atoms with van der Waals surface area (Å²) in [6.45, 7) is 6.35. The second-order valence-corrected chi connectivity index (χ2v) is 12.0. The van der Waals surface area contributed by atoms with E-state index in [4.69, 9.17) is 30.5 Å². The van der Waals surface area contributed by atoms with Gasteiger partial charge in [0.15, 0.2) is 16.3 Å². The SMILES string of the molecule is CCOC(=O)C1=C(C)N=c2s/c(=C\c3cc(OCC)c(OCc4ccc(Cl)cc4)cc3Br)c(=O)n2[C@H]1c1ccc(OC)cc1. The molecule has 0 N–H and O–H groups in total. The van der Waals surface area contributed by atoms with Crippen molar-refractivity contribution >= 4 is 50.9 Å². The average molecular weight is 698 g/mol. The van der Waals surface area contributed by atoms with Crippen molar-refractivity contribution in [3.8, 4) is 17.2 Å². The van der Waals surface area contributed by atoms with Gasteiger partial charge in [-0.1, -0.05) is 63.1 Å². The summed E-state index contributed by atoms with van der Waals surface area (Å²) in [6, 6.07) is 17.7. The van der Waals surface area contributed by atoms with Crippen LogP contribution >= 0.6 is 38.9 Å². The molecule has 1 aromatic heterocycles. The number of rotatable bonds is 10. The molecule has 0 aliphatic carbocycles. The summed E-state index contributed by atoms with van der Waals surface area (Å²) in [4.78, 5) is 32.3. The summed E-state index contributed by atoms with van der Waals surface area (Å²) in [6.07, 6.45) is 1.79. The van der Waals surface area contributed by atoms with E-state index in [1.54, 1.807) is 43.7 Å². The summed E-state index contributed by atoms with van der Waals surface area (Å²) in [5, 5.41) is 0.656. The molecule has 44 heavy (non-hydrogen) atoms. The third-order valence-electron chi connectivity index (χ3n) is 6.91. The predicted molar refractivity (Wildman–Crippen MR) is 174 cm³/mol. The van der Waals surface area contributed by atoms with Gasteiger partial charge in [0.2, 0.25) is 0 Å². The van der Waals surface area contributed by atoms with Crippen molar-refractivity contribution in [1.82, 2.24) is 4.57 Å². The summed E-state index contributed by atoms with van der Waals surface area (Å²) in [5.74, 6) is 1.25. The molecule has 11 heteroatoms. The van der Waals surface area contributed by atoms with Crippen LogP contribution in [0.3, 0.4) is 0 Å². The van der Waals surface area contributed by atoms with E-state index in [1.807, 2.05) is 55.5 Å². The summed E-state index contributed by atoms with van der Waals surface area (Å²) in [7, 11) is 1.58. The second-order valence-electron chi connectivity index (χ2n) is 9.74. The monoisotopic (exact) mass is 696 g/mol. The molecule has 3 aromatic carbocycles. The molecule has 228 valence electrons. The Morgan fingerprint density at radius 1 is 1.05 bits per heavy atom. The number of nitrogens with zero attached hydrogens (tertiary/aromatic N) is 2. The fourth-order valence-electron chi connectivity index (χ4n) is 4.82. The van der Waals surface area contributed by atoms with Gasteiger partial charge in [-0.15, -0.1) is 0 Å². The minimum atomic E-state index is -0.718. The number of hydrogen-bond donors (Lipinski definition) is 0. The molecule has 2 heterocycles. The third kappa shape index (κ3) is 6.62. The summed E-state index contributed by atoms with van der Waals surface area (Å²) >= 11 is 10.9. The Hall–Kier alpha value is -3.86. The quantitative estimate of drug-likeness (QED) is 0.184. The summed E-state index contributed by atoms with van der Waals surface area (Å²) in [5.41, 5.74) is 2.95. The first-order valence-electron chi connectivity index (χ1n) is 13.9. The highest BCUT2D eigenvalue weighted by molar-refractivity contribution is 9.10. The highest BCUT2D eigenvalue weighted by Crippen LogP contribution is 2.35. The molecule has 0 unspecified atom stereocenters. The number of methoxy groups -OCH3 is 1. The predicted octanol–water partition coefficient (Wildman–Crippen LogP) is 6.20. The Morgan fingerprint density at radius 2 is 1.75 bits per heavy atom. The molecule has 4 aromatic rings. The van der Waals surface area contributed by atoms with Gasteiger partial charge in [-0.25, -0.2) is 9.79 Å². The van der Waals surface area contributed by atoms with E-state index in [1.165, 1.54) is 11.3 Å². The molecule has 0 saturated heterocycles. The van der Waals surface area contributed by atoms with Gasteiger partial charge in [-0.2, -0.15) is 0 Å². The zero-order valence-electron chi connectivity index (χ0n) is 24.6. The highest BCUT2D eigenvalue weighted by Gasteiger charge is 2.33. The number of halogens is 2. The standard InChI is InChI=1S/C33H30BrClN2O6S/c1-5-41-26-15-22(25(34)17-27(26)43-18-20-7-11-23(35)12-8-20)16-28-31(38)37-30(21-9-13-24(40-4)14-10-21)29(32(39)42-6-2)19(3)36-33(37)44-28/h7-17,30H,5-6,18H2,1-4H3/b28-16-/t30-/m0/s1. The lowest BCUT2D eigenvalue weighted by molar-refractivity contribution is -0.139. The zero-order chi connectivity index (χ0) is 31.4. The smallest absolute Gasteiger partial charge is 0.338 e. The number of carbonyl (C=O) groups is 1. The van der Waals surface area contributed by atoms with E-state index in [0.717, 1.165) is 16.7 Å². The van der Waals surface area contributed by atoms with Gasteiger partial charge < -0.3 is 18.9 Å². The van der Waals surface area contributed by atoms with Crippen LogP contribution in [-0.2, 0) is 16.1 Å². The van der Waals surface area contributed by atoms with E-state index in [9.17, 15) is 9.59 Å². The van der Waals surface area contributed by atoms with E-state index >= 15 is 0 Å². The van der Waals surface area contributed by atoms with Gasteiger partial charge in [0.1, 0.15) is 12.4 Å². The maximum atomic E-state index is 14.0. The van der Waals surface area contributed by atoms with Gasteiger partial charge in [0, 0.05) is 9.50 Å². The molecule has 0 saturated carbocycles. The molecular weight excluding hydrogens is 668 g/mol. The Bertz CT molecular complexity index is 1900. The molecule has 0 bridgehead atoms. The molecule has 8 nitrogen and oxygen atoms in total. The lowest BCUT2D eigenvalue weighted by Gasteiger charge is -2.24. The third-order valence-corrected chi connectivity index (χ3v) is 8.83. The van der Waals surface area contributed by atoms with Crippen LogP contribution in [0, 0.1) is 0 Å². The Balaban J connectivity index is 1.58. The maximum absolute atomic E-state index is 14.0. The largest absolute Gasteiger partial charge is 0.497 e. The van der Waals surface area contributed by atoms with Crippen LogP contribution in [0.5, 0.6) is 17.2 Å². The summed E-state index contributed by atoms with van der Waals surface area (Å²) < 4.78 is 25.4. The van der Waals surface area contributed by atoms with Crippen LogP contribution in [0.25, 0.3) is 6.08 Å². The van der Waals surface area contributed by atoms with E-state index < -0.39 is 12.0 Å². The van der Waals surface area contributed by atoms with Crippen molar-refractivity contribution < 1.29 is 23.7 Å². The van der Waals surface area contributed by atoms with Crippen molar-refractivity contribution in [2.45, 2.75) is 33.4 Å². The van der Waals surface area contributed by atoms with Gasteiger partial charge >= 0.3 is 5.97 Å². The Kier molecular flexibility index (Phi) is 9.93. The molecule has 0 fully saturated rings. The van der Waals surface area contributed by atoms with Crippen LogP contribution in [0.15, 0.2) is 86.2 Å². The second kappa shape index (κ2) is 13.8. The van der Waals surface area contributed by atoms with Crippen LogP contribution in [0.1, 0.15) is 43.5 Å². The topological polar surface area (TPSA) is 88.4 Å². The highest BCUT2D eigenvalue weighted by atomic mass is 79.9. The van der Waals surface area contributed by atoms with Crippen molar-refractivity contribution in [1.29, 1.82) is 0 Å². The molecule has 0 spiro atoms. The van der Waals surface area contributed by atoms with Crippen molar-refractivity contribution in [3.63, 3.8) is 0 Å². The molecular formula is C33H30BrClN2O6S. The molecule has 5 rings (SSSR count). The number of hydrogen-bond acceptors (Lipinski definition) is 8. The lowest BCUT2D eigenvalue weighted by atomic mass is 9.96. The van der Waals surface area contributed by atoms with Gasteiger partial charge in [-0.3, -0.25) is 9.36 Å². The fraction of sp³-hybridized carbons (Fsp3) is 0.242. The van der Waals surface area contributed by atoms with E-state index in [2.05, 4.69) is 20.9 Å². The number of thiazole rings is 1. The molecule has 0 radical (unpaired) electrons. The number of carbonyl (C=O) groups excluding carboxylic acids is 1. The normalized spacial score (nSPS) is 14.6. The molecule has 0 amide bonds. The lowest BCUT2D eigenvalue weighted by Crippen LogP contribution is -2.39. The van der Waals surface area contributed by atoms with Crippen LogP contribution in [0.2, 0.25) is 5.02 Å². The van der Waals surface area contributed by atoms with Crippen molar-refractivity contribution in [3.05, 3.63) is 118 Å². The number of esters is 1. The molecule has 1 atom stereocenters. The van der Waals surface area contributed by atoms with Gasteiger partial charge in [-0.05, 0) is 79.9 Å². The van der Waals surface area contributed by atoms with Crippen molar-refractivity contribution in [2.75, 3.05) is 20.3 Å². The van der Waals surface area contributed by atoms with Crippen LogP contribution in [0.4, 0.5) is 0 Å². The first-order chi connectivity index (χ1) is 21.2. The molecule has 1 aliphatic heterocycles. The first-order valence-corrected chi connectivity index (χ1v) is 15.9. The van der Waals surface area contributed by atoms with Crippen LogP contribution in [-0.4, -0.2) is 30.9 Å². The Labute approximate surface area is 272 Å². The Morgan fingerprint density at radius 3 is 2.41 bits per heavy atom. The molecule has 1 aliphatic rings. The van der Waals surface area contributed by atoms with Crippen molar-refractivity contribution in [2.24, 2.45) is 4.99 Å². The zero-order valence-corrected chi connectivity index (χ0v) is 27.7. The average Bonchev–Trinajstić information content (AvgIpc) is 3.32. The minimum Gasteiger partial charge on any atom is -0.497 e.